The largest absolute Gasteiger partial charge is 0.355 e. The van der Waals surface area contributed by atoms with E-state index in [0.29, 0.717) is 24.6 Å². The van der Waals surface area contributed by atoms with E-state index in [4.69, 9.17) is 0 Å². The molecule has 0 aliphatic carbocycles. The number of hydrogen-bond donors (Lipinski definition) is 3. The topological polar surface area (TPSA) is 90.1 Å². The number of aromatic amines is 1. The van der Waals surface area contributed by atoms with E-state index in [2.05, 4.69) is 49.8 Å². The molecule has 2 aliphatic heterocycles. The molecule has 3 heterocycles. The number of halogens is 2. The van der Waals surface area contributed by atoms with E-state index in [1.807, 2.05) is 6.07 Å². The van der Waals surface area contributed by atoms with Gasteiger partial charge in [0.2, 0.25) is 5.91 Å². The lowest BCUT2D eigenvalue weighted by molar-refractivity contribution is -0.130. The highest BCUT2D eigenvalue weighted by Crippen LogP contribution is 2.39. The van der Waals surface area contributed by atoms with Gasteiger partial charge in [-0.3, -0.25) is 14.5 Å². The molecule has 2 aromatic rings. The number of carbonyl (C=O) groups is 1. The molecule has 1 amide bonds. The molecule has 2 fully saturated rings. The van der Waals surface area contributed by atoms with Gasteiger partial charge in [-0.2, -0.15) is 0 Å². The third-order valence-corrected chi connectivity index (χ3v) is 5.70. The van der Waals surface area contributed by atoms with Crippen LogP contribution in [0, 0.1) is 11.3 Å². The molecule has 0 saturated carbocycles. The van der Waals surface area contributed by atoms with Crippen LogP contribution >= 0.6 is 24.8 Å². The Balaban J connectivity index is 0.00000150. The molecule has 4 rings (SSSR count). The lowest BCUT2D eigenvalue weighted by Gasteiger charge is -2.27. The van der Waals surface area contributed by atoms with E-state index < -0.39 is 0 Å². The highest BCUT2D eigenvalue weighted by Gasteiger charge is 2.54. The molecular formula is C20H27Cl2N5O2. The van der Waals surface area contributed by atoms with Crippen LogP contribution in [0.4, 0.5) is 0 Å². The van der Waals surface area contributed by atoms with Gasteiger partial charge >= 0.3 is 0 Å². The van der Waals surface area contributed by atoms with Crippen LogP contribution in [0.2, 0.25) is 0 Å². The molecule has 2 saturated heterocycles. The highest BCUT2D eigenvalue weighted by molar-refractivity contribution is 5.85. The summed E-state index contributed by atoms with van der Waals surface area (Å²) in [5.74, 6) is 0.441. The second-order valence-corrected chi connectivity index (χ2v) is 7.55. The Bertz CT molecular complexity index is 863. The van der Waals surface area contributed by atoms with E-state index in [-0.39, 0.29) is 41.7 Å². The van der Waals surface area contributed by atoms with Gasteiger partial charge in [-0.05, 0) is 5.56 Å². The van der Waals surface area contributed by atoms with Gasteiger partial charge in [-0.1, -0.05) is 30.3 Å². The van der Waals surface area contributed by atoms with Gasteiger partial charge in [0.25, 0.3) is 5.56 Å². The quantitative estimate of drug-likeness (QED) is 0.624. The molecule has 158 valence electrons. The SMILES string of the molecule is Cl.Cl.O=C(NCCc1cc(=O)[nH]cn1)[C@@]12CNC[C@@H]1CN(Cc1ccccc1)C2. The summed E-state index contributed by atoms with van der Waals surface area (Å²) in [6.07, 6.45) is 1.95. The van der Waals surface area contributed by atoms with Crippen molar-refractivity contribution in [2.75, 3.05) is 32.7 Å². The molecular weight excluding hydrogens is 413 g/mol. The third-order valence-electron chi connectivity index (χ3n) is 5.70. The van der Waals surface area contributed by atoms with Crippen LogP contribution in [0.3, 0.4) is 0 Å². The Kier molecular flexibility index (Phi) is 8.22. The molecule has 9 heteroatoms. The van der Waals surface area contributed by atoms with Crippen LogP contribution in [-0.2, 0) is 17.8 Å². The predicted octanol–water partition coefficient (Wildman–Crippen LogP) is 0.994. The van der Waals surface area contributed by atoms with Gasteiger partial charge in [0, 0.05) is 63.4 Å². The molecule has 7 nitrogen and oxygen atoms in total. The van der Waals surface area contributed by atoms with Crippen molar-refractivity contribution in [3.63, 3.8) is 0 Å². The average molecular weight is 440 g/mol. The molecule has 2 aliphatic rings. The van der Waals surface area contributed by atoms with Gasteiger partial charge in [-0.15, -0.1) is 24.8 Å². The zero-order valence-electron chi connectivity index (χ0n) is 16.1. The van der Waals surface area contributed by atoms with Crippen LogP contribution in [0.5, 0.6) is 0 Å². The number of aromatic nitrogens is 2. The maximum Gasteiger partial charge on any atom is 0.250 e. The van der Waals surface area contributed by atoms with Gasteiger partial charge in [0.1, 0.15) is 0 Å². The summed E-state index contributed by atoms with van der Waals surface area (Å²) in [4.78, 5) is 33.4. The molecule has 2 atom stereocenters. The maximum absolute atomic E-state index is 13.0. The number of amides is 1. The Morgan fingerprint density at radius 1 is 1.28 bits per heavy atom. The van der Waals surface area contributed by atoms with Crippen LogP contribution < -0.4 is 16.2 Å². The van der Waals surface area contributed by atoms with Crippen molar-refractivity contribution in [2.45, 2.75) is 13.0 Å². The van der Waals surface area contributed by atoms with E-state index in [0.717, 1.165) is 32.7 Å². The van der Waals surface area contributed by atoms with Crippen molar-refractivity contribution in [1.82, 2.24) is 25.5 Å². The molecule has 1 aromatic carbocycles. The number of rotatable bonds is 6. The number of nitrogens with one attached hydrogen (secondary N) is 3. The van der Waals surface area contributed by atoms with Crippen LogP contribution in [0.25, 0.3) is 0 Å². The normalized spacial score (nSPS) is 23.0. The van der Waals surface area contributed by atoms with E-state index in [1.54, 1.807) is 0 Å². The molecule has 1 aromatic heterocycles. The van der Waals surface area contributed by atoms with Gasteiger partial charge in [-0.25, -0.2) is 4.98 Å². The van der Waals surface area contributed by atoms with Gasteiger partial charge in [0.05, 0.1) is 11.7 Å². The van der Waals surface area contributed by atoms with Crippen molar-refractivity contribution in [3.8, 4) is 0 Å². The minimum atomic E-state index is -0.365. The fraction of sp³-hybridized carbons (Fsp3) is 0.450. The van der Waals surface area contributed by atoms with Crippen molar-refractivity contribution in [2.24, 2.45) is 11.3 Å². The summed E-state index contributed by atoms with van der Waals surface area (Å²) < 4.78 is 0. The van der Waals surface area contributed by atoms with Gasteiger partial charge in [0.15, 0.2) is 0 Å². The van der Waals surface area contributed by atoms with Crippen molar-refractivity contribution in [1.29, 1.82) is 0 Å². The van der Waals surface area contributed by atoms with Crippen LogP contribution in [0.1, 0.15) is 11.3 Å². The van der Waals surface area contributed by atoms with E-state index >= 15 is 0 Å². The molecule has 0 unspecified atom stereocenters. The molecule has 29 heavy (non-hydrogen) atoms. The van der Waals surface area contributed by atoms with E-state index in [1.165, 1.54) is 18.0 Å². The first-order chi connectivity index (χ1) is 13.2. The number of fused-ring (bicyclic) bond motifs is 1. The fourth-order valence-electron chi connectivity index (χ4n) is 4.33. The summed E-state index contributed by atoms with van der Waals surface area (Å²) in [7, 11) is 0. The Labute approximate surface area is 182 Å². The number of benzene rings is 1. The molecule has 3 N–H and O–H groups in total. The molecule has 0 radical (unpaired) electrons. The number of hydrogen-bond acceptors (Lipinski definition) is 5. The number of carbonyl (C=O) groups excluding carboxylic acids is 1. The average Bonchev–Trinajstić information content (AvgIpc) is 3.20. The molecule has 0 bridgehead atoms. The second kappa shape index (κ2) is 10.2. The number of H-pyrrole nitrogens is 1. The van der Waals surface area contributed by atoms with Crippen molar-refractivity contribution >= 4 is 30.7 Å². The summed E-state index contributed by atoms with van der Waals surface area (Å²) >= 11 is 0. The summed E-state index contributed by atoms with van der Waals surface area (Å²) in [5, 5.41) is 6.48. The van der Waals surface area contributed by atoms with Crippen LogP contribution in [0.15, 0.2) is 47.5 Å². The summed E-state index contributed by atoms with van der Waals surface area (Å²) in [6.45, 7) is 4.68. The highest BCUT2D eigenvalue weighted by atomic mass is 35.5. The summed E-state index contributed by atoms with van der Waals surface area (Å²) in [5.41, 5.74) is 1.43. The van der Waals surface area contributed by atoms with Crippen molar-refractivity contribution in [3.05, 3.63) is 64.3 Å². The lowest BCUT2D eigenvalue weighted by atomic mass is 9.80. The standard InChI is InChI=1S/C20H25N5O2.2ClH/c26-18-8-17(23-14-24-18)6-7-22-19(27)20-12-21-9-16(20)11-25(13-20)10-15-4-2-1-3-5-15;;/h1-5,8,14,16,21H,6-7,9-13H2,(H,22,27)(H,23,24,26);2*1H/t16-,20-;;/m1../s1. The first-order valence-corrected chi connectivity index (χ1v) is 9.45. The second-order valence-electron chi connectivity index (χ2n) is 7.55. The summed E-state index contributed by atoms with van der Waals surface area (Å²) in [6, 6.07) is 11.9. The monoisotopic (exact) mass is 439 g/mol. The minimum Gasteiger partial charge on any atom is -0.355 e. The van der Waals surface area contributed by atoms with Crippen LogP contribution in [-0.4, -0.2) is 53.5 Å². The number of likely N-dealkylation sites (tertiary alicyclic amines) is 1. The number of nitrogens with zero attached hydrogens (tertiary/aromatic N) is 2. The Morgan fingerprint density at radius 2 is 2.07 bits per heavy atom. The molecule has 0 spiro atoms. The Morgan fingerprint density at radius 3 is 2.83 bits per heavy atom. The smallest absolute Gasteiger partial charge is 0.250 e. The predicted molar refractivity (Wildman–Crippen MR) is 117 cm³/mol. The maximum atomic E-state index is 13.0. The lowest BCUT2D eigenvalue weighted by Crippen LogP contribution is -2.47. The third kappa shape index (κ3) is 5.17. The minimum absolute atomic E-state index is 0. The zero-order chi connectivity index (χ0) is 18.7. The van der Waals surface area contributed by atoms with Gasteiger partial charge < -0.3 is 15.6 Å². The zero-order valence-corrected chi connectivity index (χ0v) is 17.7. The fourth-order valence-corrected chi connectivity index (χ4v) is 4.33. The Hall–Kier alpha value is -1.93. The first kappa shape index (κ1) is 23.3. The van der Waals surface area contributed by atoms with Crippen molar-refractivity contribution < 1.29 is 4.79 Å². The van der Waals surface area contributed by atoms with E-state index in [9.17, 15) is 9.59 Å². The first-order valence-electron chi connectivity index (χ1n) is 9.45.